The monoisotopic (exact) mass is 426 g/mol. The molecule has 0 amide bonds. The fourth-order valence-corrected chi connectivity index (χ4v) is 4.07. The number of ether oxygens (including phenoxy) is 1. The Labute approximate surface area is 183 Å². The van der Waals surface area contributed by atoms with Crippen molar-refractivity contribution in [2.75, 3.05) is 19.8 Å². The van der Waals surface area contributed by atoms with Gasteiger partial charge in [-0.05, 0) is 71.1 Å². The quantitative estimate of drug-likeness (QED) is 0.342. The number of aromatic hydroxyl groups is 1. The van der Waals surface area contributed by atoms with Crippen LogP contribution in [0.5, 0.6) is 5.88 Å². The van der Waals surface area contributed by atoms with Crippen LogP contribution in [0.1, 0.15) is 98.8 Å². The zero-order valence-corrected chi connectivity index (χ0v) is 20.1. The van der Waals surface area contributed by atoms with E-state index in [1.165, 1.54) is 41.0 Å². The van der Waals surface area contributed by atoms with Gasteiger partial charge in [0.1, 0.15) is 0 Å². The zero-order valence-electron chi connectivity index (χ0n) is 20.1. The third-order valence-corrected chi connectivity index (χ3v) is 6.11. The summed E-state index contributed by atoms with van der Waals surface area (Å²) in [7, 11) is 0. The Hall–Kier alpha value is -1.27. The first kappa shape index (κ1) is 26.8. The van der Waals surface area contributed by atoms with E-state index in [-0.39, 0.29) is 11.6 Å². The highest BCUT2D eigenvalue weighted by atomic mass is 16.5. The molecule has 0 aliphatic heterocycles. The molecular weight excluding hydrogens is 380 g/mol. The summed E-state index contributed by atoms with van der Waals surface area (Å²) >= 11 is 0. The molecule has 0 aromatic carbocycles. The number of rotatable bonds is 17. The molecule has 30 heavy (non-hydrogen) atoms. The largest absolute Gasteiger partial charge is 0.493 e. The number of aryl methyl sites for hydroxylation is 1. The molecule has 0 fully saturated rings. The molecular formula is C24H46N2O4. The number of hydrogen-bond acceptors (Lipinski definition) is 4. The molecule has 0 bridgehead atoms. The summed E-state index contributed by atoms with van der Waals surface area (Å²) in [5, 5.41) is 19.0. The molecule has 176 valence electrons. The predicted octanol–water partition coefficient (Wildman–Crippen LogP) is 5.05. The first-order valence-corrected chi connectivity index (χ1v) is 11.8. The number of hydrogen-bond donors (Lipinski definition) is 2. The summed E-state index contributed by atoms with van der Waals surface area (Å²) in [6.07, 6.45) is 12.2. The molecule has 0 spiro atoms. The molecule has 0 radical (unpaired) electrons. The smallest absolute Gasteiger partial charge is 0.331 e. The highest BCUT2D eigenvalue weighted by Gasteiger charge is 2.26. The number of imidazole rings is 1. The van der Waals surface area contributed by atoms with Crippen LogP contribution >= 0.6 is 0 Å². The molecule has 1 aromatic heterocycles. The van der Waals surface area contributed by atoms with Crippen LogP contribution in [0, 0.1) is 5.41 Å². The van der Waals surface area contributed by atoms with Crippen LogP contribution in [-0.2, 0) is 16.8 Å². The standard InChI is InChI=1S/C24H46N2O4/c1-6-25-20-21(28)26(22(25)29)24(4,5)16-10-13-19-30-18-12-9-15-23(2,3)14-8-7-11-17-27/h20,27-28H,6-19H2,1-5H3. The topological polar surface area (TPSA) is 76.6 Å². The van der Waals surface area contributed by atoms with Crippen molar-refractivity contribution in [3.8, 4) is 5.88 Å². The lowest BCUT2D eigenvalue weighted by Gasteiger charge is -2.26. The highest BCUT2D eigenvalue weighted by Crippen LogP contribution is 2.30. The van der Waals surface area contributed by atoms with Gasteiger partial charge in [0.15, 0.2) is 0 Å². The highest BCUT2D eigenvalue weighted by molar-refractivity contribution is 5.09. The van der Waals surface area contributed by atoms with Gasteiger partial charge in [-0.25, -0.2) is 4.79 Å². The summed E-state index contributed by atoms with van der Waals surface area (Å²) in [5.41, 5.74) is -0.182. The van der Waals surface area contributed by atoms with Crippen LogP contribution in [0.3, 0.4) is 0 Å². The van der Waals surface area contributed by atoms with Crippen molar-refractivity contribution in [1.29, 1.82) is 0 Å². The normalized spacial score (nSPS) is 12.6. The SMILES string of the molecule is CCn1cc(O)n(C(C)(C)CCCCOCCCCC(C)(C)CCCCCO)c1=O. The third-order valence-electron chi connectivity index (χ3n) is 6.11. The minimum absolute atomic E-state index is 0.0411. The summed E-state index contributed by atoms with van der Waals surface area (Å²) in [6.45, 7) is 13.0. The van der Waals surface area contributed by atoms with Crippen molar-refractivity contribution >= 4 is 0 Å². The number of aliphatic hydroxyl groups excluding tert-OH is 1. The second-order valence-electron chi connectivity index (χ2n) is 9.93. The molecule has 1 rings (SSSR count). The number of unbranched alkanes of at least 4 members (excludes halogenated alkanes) is 4. The molecule has 0 aliphatic rings. The van der Waals surface area contributed by atoms with E-state index in [1.54, 1.807) is 0 Å². The van der Waals surface area contributed by atoms with Gasteiger partial charge >= 0.3 is 5.69 Å². The van der Waals surface area contributed by atoms with Crippen molar-refractivity contribution in [3.63, 3.8) is 0 Å². The second-order valence-corrected chi connectivity index (χ2v) is 9.93. The average Bonchev–Trinajstić information content (AvgIpc) is 2.98. The van der Waals surface area contributed by atoms with Crippen molar-refractivity contribution < 1.29 is 14.9 Å². The Kier molecular flexibility index (Phi) is 11.8. The molecule has 0 aliphatic carbocycles. The predicted molar refractivity (Wildman–Crippen MR) is 123 cm³/mol. The summed E-state index contributed by atoms with van der Waals surface area (Å²) in [6, 6.07) is 0. The molecule has 6 heteroatoms. The maximum absolute atomic E-state index is 12.4. The van der Waals surface area contributed by atoms with Gasteiger partial charge in [-0.1, -0.05) is 33.1 Å². The summed E-state index contributed by atoms with van der Waals surface area (Å²) in [4.78, 5) is 12.4. The second kappa shape index (κ2) is 13.2. The Morgan fingerprint density at radius 1 is 0.900 bits per heavy atom. The van der Waals surface area contributed by atoms with Gasteiger partial charge in [0.25, 0.3) is 0 Å². The fourth-order valence-electron chi connectivity index (χ4n) is 4.07. The van der Waals surface area contributed by atoms with E-state index in [0.717, 1.165) is 51.7 Å². The zero-order chi connectivity index (χ0) is 22.6. The van der Waals surface area contributed by atoms with Crippen molar-refractivity contribution in [2.45, 2.75) is 111 Å². The molecule has 0 atom stereocenters. The molecule has 2 N–H and O–H groups in total. The van der Waals surface area contributed by atoms with Crippen LogP contribution in [0.4, 0.5) is 0 Å². The molecule has 1 aromatic rings. The van der Waals surface area contributed by atoms with Crippen LogP contribution < -0.4 is 5.69 Å². The van der Waals surface area contributed by atoms with Gasteiger partial charge in [-0.2, -0.15) is 0 Å². The lowest BCUT2D eigenvalue weighted by molar-refractivity contribution is 0.119. The van der Waals surface area contributed by atoms with Gasteiger partial charge in [-0.3, -0.25) is 9.13 Å². The van der Waals surface area contributed by atoms with Crippen LogP contribution in [0.25, 0.3) is 0 Å². The van der Waals surface area contributed by atoms with E-state index in [9.17, 15) is 9.90 Å². The van der Waals surface area contributed by atoms with E-state index in [0.29, 0.717) is 18.6 Å². The first-order valence-electron chi connectivity index (χ1n) is 11.8. The Morgan fingerprint density at radius 3 is 2.00 bits per heavy atom. The number of nitrogens with zero attached hydrogens (tertiary/aromatic N) is 2. The van der Waals surface area contributed by atoms with Gasteiger partial charge in [0.2, 0.25) is 5.88 Å². The fraction of sp³-hybridized carbons (Fsp3) is 0.875. The summed E-state index contributed by atoms with van der Waals surface area (Å²) in [5.74, 6) is 0.0411. The molecule has 0 saturated carbocycles. The molecule has 1 heterocycles. The Bertz CT molecular complexity index is 646. The number of aliphatic hydroxyl groups is 1. The Balaban J connectivity index is 2.16. The Morgan fingerprint density at radius 2 is 1.47 bits per heavy atom. The van der Waals surface area contributed by atoms with Crippen molar-refractivity contribution in [2.24, 2.45) is 5.41 Å². The maximum atomic E-state index is 12.4. The van der Waals surface area contributed by atoms with Gasteiger partial charge in [0, 0.05) is 31.9 Å². The average molecular weight is 427 g/mol. The molecule has 0 saturated heterocycles. The van der Waals surface area contributed by atoms with E-state index in [1.807, 2.05) is 20.8 Å². The van der Waals surface area contributed by atoms with Crippen molar-refractivity contribution in [3.05, 3.63) is 16.7 Å². The first-order chi connectivity index (χ1) is 14.1. The van der Waals surface area contributed by atoms with Crippen LogP contribution in [0.2, 0.25) is 0 Å². The van der Waals surface area contributed by atoms with Gasteiger partial charge < -0.3 is 14.9 Å². The minimum Gasteiger partial charge on any atom is -0.493 e. The van der Waals surface area contributed by atoms with E-state index in [2.05, 4.69) is 13.8 Å². The third kappa shape index (κ3) is 9.25. The van der Waals surface area contributed by atoms with E-state index >= 15 is 0 Å². The van der Waals surface area contributed by atoms with E-state index in [4.69, 9.17) is 9.84 Å². The maximum Gasteiger partial charge on any atom is 0.331 e. The van der Waals surface area contributed by atoms with Gasteiger partial charge in [-0.15, -0.1) is 0 Å². The lowest BCUT2D eigenvalue weighted by atomic mass is 9.82. The molecule has 6 nitrogen and oxygen atoms in total. The number of aromatic nitrogens is 2. The summed E-state index contributed by atoms with van der Waals surface area (Å²) < 4.78 is 8.84. The van der Waals surface area contributed by atoms with Crippen LogP contribution in [-0.4, -0.2) is 39.2 Å². The molecule has 0 unspecified atom stereocenters. The van der Waals surface area contributed by atoms with Gasteiger partial charge in [0.05, 0.1) is 6.20 Å². The lowest BCUT2D eigenvalue weighted by Crippen LogP contribution is -2.36. The van der Waals surface area contributed by atoms with Crippen LogP contribution in [0.15, 0.2) is 11.0 Å². The van der Waals surface area contributed by atoms with E-state index < -0.39 is 5.54 Å². The van der Waals surface area contributed by atoms with Crippen molar-refractivity contribution in [1.82, 2.24) is 9.13 Å². The minimum atomic E-state index is -0.412.